The average molecular weight is 249 g/mol. The molecule has 0 aromatic carbocycles. The Hall–Kier alpha value is -0.620. The van der Waals surface area contributed by atoms with Crippen molar-refractivity contribution in [2.75, 3.05) is 26.0 Å². The van der Waals surface area contributed by atoms with Crippen LogP contribution in [0.15, 0.2) is 0 Å². The van der Waals surface area contributed by atoms with E-state index in [1.54, 1.807) is 21.0 Å². The molecule has 1 heterocycles. The second kappa shape index (κ2) is 4.33. The van der Waals surface area contributed by atoms with Gasteiger partial charge >= 0.3 is 0 Å². The number of sulfone groups is 1. The summed E-state index contributed by atoms with van der Waals surface area (Å²) in [5.74, 6) is -0.729. The first-order valence-electron chi connectivity index (χ1n) is 5.25. The van der Waals surface area contributed by atoms with E-state index in [1.165, 1.54) is 4.90 Å². The molecule has 1 saturated heterocycles. The van der Waals surface area contributed by atoms with E-state index in [0.717, 1.165) is 0 Å². The first-order chi connectivity index (χ1) is 7.20. The van der Waals surface area contributed by atoms with E-state index >= 15 is 0 Å². The van der Waals surface area contributed by atoms with Crippen molar-refractivity contribution < 1.29 is 17.9 Å². The van der Waals surface area contributed by atoms with Gasteiger partial charge in [0.2, 0.25) is 5.91 Å². The Bertz CT molecular complexity index is 368. The number of carbonyl (C=O) groups is 1. The van der Waals surface area contributed by atoms with Gasteiger partial charge in [0, 0.05) is 7.11 Å². The smallest absolute Gasteiger partial charge is 0.237 e. The van der Waals surface area contributed by atoms with Crippen LogP contribution in [-0.2, 0) is 19.4 Å². The second-order valence-corrected chi connectivity index (χ2v) is 7.32. The average Bonchev–Trinajstić information content (AvgIpc) is 2.11. The lowest BCUT2D eigenvalue weighted by Gasteiger charge is -2.46. The molecule has 6 heteroatoms. The fraction of sp³-hybridized carbons (Fsp3) is 0.900. The molecule has 0 unspecified atom stereocenters. The molecule has 94 valence electrons. The number of nitrogens with zero attached hydrogens (tertiary/aromatic N) is 1. The van der Waals surface area contributed by atoms with E-state index in [9.17, 15) is 13.2 Å². The van der Waals surface area contributed by atoms with Crippen LogP contribution in [0.4, 0.5) is 0 Å². The quantitative estimate of drug-likeness (QED) is 0.706. The third-order valence-corrected chi connectivity index (χ3v) is 5.02. The largest absolute Gasteiger partial charge is 0.375 e. The number of likely N-dealkylation sites (tertiary alicyclic amines) is 1. The van der Waals surface area contributed by atoms with Gasteiger partial charge in [0.1, 0.15) is 5.75 Å². The Kier molecular flexibility index (Phi) is 3.64. The number of ether oxygens (including phenoxy) is 1. The van der Waals surface area contributed by atoms with Crippen molar-refractivity contribution >= 4 is 15.7 Å². The molecule has 1 fully saturated rings. The molecule has 1 aliphatic heterocycles. The fourth-order valence-corrected chi connectivity index (χ4v) is 2.36. The third kappa shape index (κ3) is 2.74. The van der Waals surface area contributed by atoms with E-state index in [2.05, 4.69) is 0 Å². The van der Waals surface area contributed by atoms with Crippen molar-refractivity contribution in [2.45, 2.75) is 31.6 Å². The molecule has 0 N–H and O–H groups in total. The number of hydrogen-bond acceptors (Lipinski definition) is 4. The monoisotopic (exact) mass is 249 g/mol. The van der Waals surface area contributed by atoms with Gasteiger partial charge in [0.15, 0.2) is 9.84 Å². The minimum atomic E-state index is -3.29. The second-order valence-electron chi connectivity index (χ2n) is 4.76. The molecule has 0 atom stereocenters. The Morgan fingerprint density at radius 3 is 2.31 bits per heavy atom. The molecule has 5 nitrogen and oxygen atoms in total. The van der Waals surface area contributed by atoms with Crippen molar-refractivity contribution in [1.82, 2.24) is 4.90 Å². The minimum absolute atomic E-state index is 0.308. The molecule has 16 heavy (non-hydrogen) atoms. The zero-order valence-corrected chi connectivity index (χ0v) is 11.0. The molecule has 0 radical (unpaired) electrons. The lowest BCUT2D eigenvalue weighted by atomic mass is 9.97. The minimum Gasteiger partial charge on any atom is -0.375 e. The number of carbonyl (C=O) groups excluding carboxylic acids is 1. The van der Waals surface area contributed by atoms with Crippen molar-refractivity contribution in [3.05, 3.63) is 0 Å². The summed E-state index contributed by atoms with van der Waals surface area (Å²) in [6.45, 7) is 6.00. The van der Waals surface area contributed by atoms with E-state index in [0.29, 0.717) is 13.1 Å². The Morgan fingerprint density at radius 2 is 1.94 bits per heavy atom. The lowest BCUT2D eigenvalue weighted by molar-refractivity contribution is -0.155. The van der Waals surface area contributed by atoms with Crippen molar-refractivity contribution in [2.24, 2.45) is 0 Å². The highest BCUT2D eigenvalue weighted by Gasteiger charge is 2.42. The maximum absolute atomic E-state index is 11.6. The molecule has 0 aliphatic carbocycles. The Morgan fingerprint density at radius 1 is 1.44 bits per heavy atom. The molecule has 0 spiro atoms. The third-order valence-electron chi connectivity index (χ3n) is 2.94. The van der Waals surface area contributed by atoms with Crippen LogP contribution in [0.3, 0.4) is 0 Å². The zero-order valence-electron chi connectivity index (χ0n) is 10.2. The number of methoxy groups -OCH3 is 1. The number of hydrogen-bond donors (Lipinski definition) is 0. The molecule has 1 amide bonds. The summed E-state index contributed by atoms with van der Waals surface area (Å²) in [4.78, 5) is 13.2. The highest BCUT2D eigenvalue weighted by atomic mass is 32.2. The van der Waals surface area contributed by atoms with Gasteiger partial charge in [-0.2, -0.15) is 0 Å². The summed E-state index contributed by atoms with van der Waals surface area (Å²) < 4.78 is 28.3. The predicted molar refractivity (Wildman–Crippen MR) is 60.9 cm³/mol. The van der Waals surface area contributed by atoms with Crippen LogP contribution in [0.5, 0.6) is 0 Å². The van der Waals surface area contributed by atoms with Crippen molar-refractivity contribution in [1.29, 1.82) is 0 Å². The van der Waals surface area contributed by atoms with Gasteiger partial charge < -0.3 is 9.64 Å². The van der Waals surface area contributed by atoms with Crippen LogP contribution < -0.4 is 0 Å². The Labute approximate surface area is 96.7 Å². The first kappa shape index (κ1) is 13.4. The predicted octanol–water partition coefficient (Wildman–Crippen LogP) is 0.0569. The van der Waals surface area contributed by atoms with Gasteiger partial charge in [-0.1, -0.05) is 0 Å². The molecular weight excluding hydrogens is 230 g/mol. The highest BCUT2D eigenvalue weighted by Crippen LogP contribution is 2.24. The van der Waals surface area contributed by atoms with Gasteiger partial charge in [0.05, 0.1) is 23.9 Å². The molecule has 1 rings (SSSR count). The lowest BCUT2D eigenvalue weighted by Crippen LogP contribution is -2.63. The summed E-state index contributed by atoms with van der Waals surface area (Å²) in [7, 11) is -1.70. The topological polar surface area (TPSA) is 63.7 Å². The number of rotatable bonds is 4. The van der Waals surface area contributed by atoms with E-state index in [1.807, 2.05) is 6.92 Å². The highest BCUT2D eigenvalue weighted by molar-refractivity contribution is 7.92. The SMILES string of the molecule is COC1(C)CN(C(=O)CS(=O)(=O)C(C)C)C1. The Balaban J connectivity index is 2.52. The summed E-state index contributed by atoms with van der Waals surface area (Å²) in [6.07, 6.45) is 0. The van der Waals surface area contributed by atoms with E-state index in [-0.39, 0.29) is 11.5 Å². The van der Waals surface area contributed by atoms with Crippen LogP contribution in [0.2, 0.25) is 0 Å². The van der Waals surface area contributed by atoms with Crippen LogP contribution in [-0.4, -0.2) is 56.0 Å². The molecular formula is C10H19NO4S. The number of amides is 1. The van der Waals surface area contributed by atoms with Crippen molar-refractivity contribution in [3.63, 3.8) is 0 Å². The summed E-state index contributed by atoms with van der Waals surface area (Å²) in [5.41, 5.74) is -0.308. The van der Waals surface area contributed by atoms with Gasteiger partial charge in [-0.25, -0.2) is 8.42 Å². The standard InChI is InChI=1S/C10H19NO4S/c1-8(2)16(13,14)5-9(12)11-6-10(3,7-11)15-4/h8H,5-7H2,1-4H3. The van der Waals surface area contributed by atoms with Crippen molar-refractivity contribution in [3.8, 4) is 0 Å². The molecule has 0 aromatic rings. The normalized spacial score (nSPS) is 19.7. The van der Waals surface area contributed by atoms with E-state index in [4.69, 9.17) is 4.74 Å². The van der Waals surface area contributed by atoms with E-state index < -0.39 is 20.8 Å². The van der Waals surface area contributed by atoms with Crippen LogP contribution in [0.25, 0.3) is 0 Å². The van der Waals surface area contributed by atoms with Gasteiger partial charge in [-0.05, 0) is 20.8 Å². The summed E-state index contributed by atoms with van der Waals surface area (Å²) in [6, 6.07) is 0. The molecule has 0 aromatic heterocycles. The van der Waals surface area contributed by atoms with Gasteiger partial charge in [-0.15, -0.1) is 0 Å². The zero-order chi connectivity index (χ0) is 12.6. The maximum Gasteiger partial charge on any atom is 0.237 e. The van der Waals surface area contributed by atoms with Crippen LogP contribution in [0.1, 0.15) is 20.8 Å². The molecule has 0 saturated carbocycles. The van der Waals surface area contributed by atoms with Crippen LogP contribution >= 0.6 is 0 Å². The summed E-state index contributed by atoms with van der Waals surface area (Å²) in [5, 5.41) is -0.508. The first-order valence-corrected chi connectivity index (χ1v) is 6.96. The fourth-order valence-electron chi connectivity index (χ4n) is 1.50. The maximum atomic E-state index is 11.6. The van der Waals surface area contributed by atoms with Gasteiger partial charge in [-0.3, -0.25) is 4.79 Å². The molecule has 0 bridgehead atoms. The van der Waals surface area contributed by atoms with Gasteiger partial charge in [0.25, 0.3) is 0 Å². The summed E-state index contributed by atoms with van der Waals surface area (Å²) >= 11 is 0. The molecule has 1 aliphatic rings. The van der Waals surface area contributed by atoms with Crippen LogP contribution in [0, 0.1) is 0 Å².